The number of aryl methyl sites for hydroxylation is 1. The molecule has 6 nitrogen and oxygen atoms in total. The third kappa shape index (κ3) is 2.67. The van der Waals surface area contributed by atoms with Crippen molar-refractivity contribution in [2.75, 3.05) is 6.54 Å². The lowest BCUT2D eigenvalue weighted by Crippen LogP contribution is -2.36. The van der Waals surface area contributed by atoms with Crippen LogP contribution in [0.3, 0.4) is 0 Å². The highest BCUT2D eigenvalue weighted by molar-refractivity contribution is 5.73. The lowest BCUT2D eigenvalue weighted by atomic mass is 10.2. The number of likely N-dealkylation sites (tertiary alicyclic amines) is 1. The molecule has 1 unspecified atom stereocenters. The van der Waals surface area contributed by atoms with E-state index in [-0.39, 0.29) is 5.56 Å². The Labute approximate surface area is 121 Å². The number of aromatic nitrogens is 2. The van der Waals surface area contributed by atoms with Gasteiger partial charge < -0.3 is 5.11 Å². The Bertz CT molecular complexity index is 753. The van der Waals surface area contributed by atoms with Crippen LogP contribution in [0.2, 0.25) is 0 Å². The Kier molecular flexibility index (Phi) is 3.47. The van der Waals surface area contributed by atoms with E-state index in [0.29, 0.717) is 24.3 Å². The minimum Gasteiger partial charge on any atom is -0.480 e. The van der Waals surface area contributed by atoms with Gasteiger partial charge in [0.05, 0.1) is 5.69 Å². The van der Waals surface area contributed by atoms with Crippen LogP contribution < -0.4 is 5.56 Å². The van der Waals surface area contributed by atoms with Gasteiger partial charge in [-0.25, -0.2) is 4.98 Å². The van der Waals surface area contributed by atoms with E-state index in [1.165, 1.54) is 10.5 Å². The molecule has 0 bridgehead atoms. The maximum absolute atomic E-state index is 12.1. The van der Waals surface area contributed by atoms with E-state index in [2.05, 4.69) is 4.98 Å². The van der Waals surface area contributed by atoms with Crippen molar-refractivity contribution < 1.29 is 9.90 Å². The predicted molar refractivity (Wildman–Crippen MR) is 77.3 cm³/mol. The smallest absolute Gasteiger partial charge is 0.320 e. The maximum atomic E-state index is 12.1. The summed E-state index contributed by atoms with van der Waals surface area (Å²) < 4.78 is 1.51. The van der Waals surface area contributed by atoms with Crippen molar-refractivity contribution in [3.05, 3.63) is 46.0 Å². The molecule has 2 aromatic rings. The van der Waals surface area contributed by atoms with E-state index < -0.39 is 12.0 Å². The lowest BCUT2D eigenvalue weighted by molar-refractivity contribution is -0.142. The quantitative estimate of drug-likeness (QED) is 0.913. The van der Waals surface area contributed by atoms with Gasteiger partial charge in [-0.2, -0.15) is 0 Å². The molecule has 1 N–H and O–H groups in total. The molecule has 2 aromatic heterocycles. The van der Waals surface area contributed by atoms with Gasteiger partial charge in [0.15, 0.2) is 0 Å². The van der Waals surface area contributed by atoms with E-state index in [0.717, 1.165) is 18.5 Å². The number of hydrogen-bond acceptors (Lipinski definition) is 4. The number of aliphatic carboxylic acids is 1. The standard InChI is InChI=1S/C15H17N3O3/c1-10-4-5-13-16-11(7-14(19)18(13)8-10)9-17-6-2-3-12(17)15(20)21/h4-5,7-8,12H,2-3,6,9H2,1H3,(H,20,21). The molecule has 0 aliphatic carbocycles. The van der Waals surface area contributed by atoms with Gasteiger partial charge in [-0.05, 0) is 37.9 Å². The molecule has 0 amide bonds. The molecule has 3 heterocycles. The van der Waals surface area contributed by atoms with Crippen LogP contribution in [0.4, 0.5) is 0 Å². The number of nitrogens with zero attached hydrogens (tertiary/aromatic N) is 3. The second-order valence-corrected chi connectivity index (χ2v) is 5.49. The van der Waals surface area contributed by atoms with Crippen molar-refractivity contribution in [1.29, 1.82) is 0 Å². The zero-order valence-corrected chi connectivity index (χ0v) is 11.8. The van der Waals surface area contributed by atoms with Crippen molar-refractivity contribution in [3.8, 4) is 0 Å². The summed E-state index contributed by atoms with van der Waals surface area (Å²) in [6, 6.07) is 4.73. The average Bonchev–Trinajstić information content (AvgIpc) is 2.88. The molecule has 0 saturated carbocycles. The zero-order valence-electron chi connectivity index (χ0n) is 11.8. The topological polar surface area (TPSA) is 74.9 Å². The molecule has 110 valence electrons. The summed E-state index contributed by atoms with van der Waals surface area (Å²) in [5.74, 6) is -0.805. The number of carbonyl (C=O) groups is 1. The molecule has 0 aromatic carbocycles. The van der Waals surface area contributed by atoms with Crippen LogP contribution in [0.5, 0.6) is 0 Å². The zero-order chi connectivity index (χ0) is 15.0. The number of carboxylic acid groups (broad SMARTS) is 1. The molecule has 0 radical (unpaired) electrons. The van der Waals surface area contributed by atoms with Gasteiger partial charge in [-0.15, -0.1) is 0 Å². The van der Waals surface area contributed by atoms with Crippen molar-refractivity contribution in [2.24, 2.45) is 0 Å². The first-order valence-electron chi connectivity index (χ1n) is 7.00. The summed E-state index contributed by atoms with van der Waals surface area (Å²) in [6.45, 7) is 3.05. The fourth-order valence-corrected chi connectivity index (χ4v) is 2.84. The van der Waals surface area contributed by atoms with Crippen molar-refractivity contribution >= 4 is 11.6 Å². The summed E-state index contributed by atoms with van der Waals surface area (Å²) >= 11 is 0. The lowest BCUT2D eigenvalue weighted by Gasteiger charge is -2.20. The van der Waals surface area contributed by atoms with Gasteiger partial charge in [0.2, 0.25) is 0 Å². The molecular formula is C15H17N3O3. The van der Waals surface area contributed by atoms with Gasteiger partial charge in [-0.1, -0.05) is 6.07 Å². The molecule has 21 heavy (non-hydrogen) atoms. The highest BCUT2D eigenvalue weighted by Gasteiger charge is 2.30. The van der Waals surface area contributed by atoms with Crippen LogP contribution in [0.15, 0.2) is 29.2 Å². The van der Waals surface area contributed by atoms with Gasteiger partial charge >= 0.3 is 5.97 Å². The summed E-state index contributed by atoms with van der Waals surface area (Å²) in [5, 5.41) is 9.19. The van der Waals surface area contributed by atoms with Gasteiger partial charge in [-0.3, -0.25) is 18.9 Å². The van der Waals surface area contributed by atoms with E-state index in [1.807, 2.05) is 17.9 Å². The Balaban J connectivity index is 1.93. The number of hydrogen-bond donors (Lipinski definition) is 1. The highest BCUT2D eigenvalue weighted by Crippen LogP contribution is 2.19. The molecule has 1 aliphatic heterocycles. The molecule has 0 spiro atoms. The van der Waals surface area contributed by atoms with Gasteiger partial charge in [0.1, 0.15) is 11.7 Å². The SMILES string of the molecule is Cc1ccc2nc(CN3CCCC3C(=O)O)cc(=O)n2c1. The third-order valence-electron chi connectivity index (χ3n) is 3.87. The second-order valence-electron chi connectivity index (χ2n) is 5.49. The Hall–Kier alpha value is -2.21. The van der Waals surface area contributed by atoms with Gasteiger partial charge in [0.25, 0.3) is 5.56 Å². The van der Waals surface area contributed by atoms with Crippen LogP contribution in [0.25, 0.3) is 5.65 Å². The fraction of sp³-hybridized carbons (Fsp3) is 0.400. The maximum Gasteiger partial charge on any atom is 0.320 e. The Morgan fingerprint density at radius 1 is 1.48 bits per heavy atom. The van der Waals surface area contributed by atoms with Crippen LogP contribution >= 0.6 is 0 Å². The van der Waals surface area contributed by atoms with Gasteiger partial charge in [0, 0.05) is 18.8 Å². The summed E-state index contributed by atoms with van der Waals surface area (Å²) in [7, 11) is 0. The highest BCUT2D eigenvalue weighted by atomic mass is 16.4. The van der Waals surface area contributed by atoms with Crippen molar-refractivity contribution in [1.82, 2.24) is 14.3 Å². The normalized spacial score (nSPS) is 19.2. The fourth-order valence-electron chi connectivity index (χ4n) is 2.84. The number of fused-ring (bicyclic) bond motifs is 1. The van der Waals surface area contributed by atoms with Crippen molar-refractivity contribution in [2.45, 2.75) is 32.4 Å². The first kappa shape index (κ1) is 13.8. The molecule has 1 atom stereocenters. The molecule has 1 aliphatic rings. The number of rotatable bonds is 3. The number of carboxylic acids is 1. The van der Waals surface area contributed by atoms with Crippen LogP contribution in [-0.2, 0) is 11.3 Å². The molecular weight excluding hydrogens is 270 g/mol. The summed E-state index contributed by atoms with van der Waals surface area (Å²) in [6.07, 6.45) is 3.27. The summed E-state index contributed by atoms with van der Waals surface area (Å²) in [4.78, 5) is 29.7. The monoisotopic (exact) mass is 287 g/mol. The first-order chi connectivity index (χ1) is 10.0. The van der Waals surface area contributed by atoms with E-state index in [9.17, 15) is 14.7 Å². The van der Waals surface area contributed by atoms with Crippen LogP contribution in [-0.4, -0.2) is 37.9 Å². The third-order valence-corrected chi connectivity index (χ3v) is 3.87. The molecule has 3 rings (SSSR count). The minimum absolute atomic E-state index is 0.134. The van der Waals surface area contributed by atoms with E-state index in [1.54, 1.807) is 12.3 Å². The second kappa shape index (κ2) is 5.29. The summed E-state index contributed by atoms with van der Waals surface area (Å²) in [5.41, 5.74) is 2.07. The Morgan fingerprint density at radius 2 is 2.29 bits per heavy atom. The minimum atomic E-state index is -0.805. The molecule has 1 saturated heterocycles. The first-order valence-corrected chi connectivity index (χ1v) is 7.00. The predicted octanol–water partition coefficient (Wildman–Crippen LogP) is 1.05. The largest absolute Gasteiger partial charge is 0.480 e. The van der Waals surface area contributed by atoms with Crippen LogP contribution in [0.1, 0.15) is 24.1 Å². The van der Waals surface area contributed by atoms with E-state index >= 15 is 0 Å². The van der Waals surface area contributed by atoms with Crippen LogP contribution in [0, 0.1) is 6.92 Å². The molecule has 6 heteroatoms. The van der Waals surface area contributed by atoms with E-state index in [4.69, 9.17) is 0 Å². The Morgan fingerprint density at radius 3 is 3.05 bits per heavy atom. The average molecular weight is 287 g/mol. The molecule has 1 fully saturated rings. The number of pyridine rings is 1. The van der Waals surface area contributed by atoms with Crippen molar-refractivity contribution in [3.63, 3.8) is 0 Å².